The SMILES string of the molecule is CN(C)Cc1ccccc1C(=O)N1CC[C@@H]2[C@@H](CCC(=O)N2CCN)C1. The molecule has 3 rings (SSSR count). The van der Waals surface area contributed by atoms with E-state index in [1.165, 1.54) is 0 Å². The molecule has 0 spiro atoms. The molecule has 2 saturated heterocycles. The van der Waals surface area contributed by atoms with Crippen LogP contribution in [-0.2, 0) is 11.3 Å². The van der Waals surface area contributed by atoms with Gasteiger partial charge in [-0.25, -0.2) is 0 Å². The fourth-order valence-corrected chi connectivity index (χ4v) is 4.34. The minimum absolute atomic E-state index is 0.114. The van der Waals surface area contributed by atoms with Crippen molar-refractivity contribution in [1.82, 2.24) is 14.7 Å². The number of benzene rings is 1. The molecule has 0 unspecified atom stereocenters. The molecule has 6 heteroatoms. The zero-order chi connectivity index (χ0) is 18.7. The third kappa shape index (κ3) is 3.91. The number of rotatable bonds is 5. The monoisotopic (exact) mass is 358 g/mol. The van der Waals surface area contributed by atoms with Gasteiger partial charge in [-0.15, -0.1) is 0 Å². The van der Waals surface area contributed by atoms with Gasteiger partial charge in [0, 0.05) is 50.7 Å². The Balaban J connectivity index is 1.73. The van der Waals surface area contributed by atoms with Crippen LogP contribution in [0.3, 0.4) is 0 Å². The Hall–Kier alpha value is -1.92. The Morgan fingerprint density at radius 3 is 2.77 bits per heavy atom. The molecule has 0 aromatic heterocycles. The number of carbonyl (C=O) groups excluding carboxylic acids is 2. The van der Waals surface area contributed by atoms with Crippen molar-refractivity contribution < 1.29 is 9.59 Å². The van der Waals surface area contributed by atoms with Gasteiger partial charge in [-0.05, 0) is 44.5 Å². The Labute approximate surface area is 155 Å². The summed E-state index contributed by atoms with van der Waals surface area (Å²) in [7, 11) is 4.02. The first-order chi connectivity index (χ1) is 12.5. The molecular formula is C20H30N4O2. The van der Waals surface area contributed by atoms with Crippen LogP contribution in [0.4, 0.5) is 0 Å². The number of hydrogen-bond acceptors (Lipinski definition) is 4. The molecule has 2 aliphatic heterocycles. The van der Waals surface area contributed by atoms with Crippen molar-refractivity contribution in [3.63, 3.8) is 0 Å². The summed E-state index contributed by atoms with van der Waals surface area (Å²) in [6, 6.07) is 8.11. The molecule has 0 bridgehead atoms. The maximum Gasteiger partial charge on any atom is 0.254 e. The van der Waals surface area contributed by atoms with Crippen molar-refractivity contribution in [3.8, 4) is 0 Å². The minimum Gasteiger partial charge on any atom is -0.338 e. The van der Waals surface area contributed by atoms with Crippen molar-refractivity contribution >= 4 is 11.8 Å². The Bertz CT molecular complexity index is 661. The van der Waals surface area contributed by atoms with Crippen LogP contribution in [0.2, 0.25) is 0 Å². The second kappa shape index (κ2) is 8.18. The van der Waals surface area contributed by atoms with Gasteiger partial charge in [-0.3, -0.25) is 9.59 Å². The Kier molecular flexibility index (Phi) is 5.94. The summed E-state index contributed by atoms with van der Waals surface area (Å²) in [5, 5.41) is 0. The number of likely N-dealkylation sites (tertiary alicyclic amines) is 2. The lowest BCUT2D eigenvalue weighted by Gasteiger charge is -2.47. The van der Waals surface area contributed by atoms with Gasteiger partial charge in [0.2, 0.25) is 5.91 Å². The third-order valence-electron chi connectivity index (χ3n) is 5.54. The van der Waals surface area contributed by atoms with E-state index in [1.807, 2.05) is 48.2 Å². The highest BCUT2D eigenvalue weighted by Gasteiger charge is 2.40. The van der Waals surface area contributed by atoms with Gasteiger partial charge in [0.05, 0.1) is 0 Å². The third-order valence-corrected chi connectivity index (χ3v) is 5.54. The summed E-state index contributed by atoms with van der Waals surface area (Å²) in [4.78, 5) is 31.4. The number of fused-ring (bicyclic) bond motifs is 1. The van der Waals surface area contributed by atoms with Gasteiger partial charge in [0.25, 0.3) is 5.91 Å². The lowest BCUT2D eigenvalue weighted by atomic mass is 9.83. The fourth-order valence-electron chi connectivity index (χ4n) is 4.34. The molecule has 142 valence electrons. The van der Waals surface area contributed by atoms with Gasteiger partial charge in [0.1, 0.15) is 0 Å². The number of nitrogens with two attached hydrogens (primary N) is 1. The molecule has 0 saturated carbocycles. The fraction of sp³-hybridized carbons (Fsp3) is 0.600. The van der Waals surface area contributed by atoms with Crippen LogP contribution >= 0.6 is 0 Å². The summed E-state index contributed by atoms with van der Waals surface area (Å²) < 4.78 is 0. The first-order valence-electron chi connectivity index (χ1n) is 9.52. The van der Waals surface area contributed by atoms with Crippen LogP contribution < -0.4 is 5.73 Å². The molecule has 0 radical (unpaired) electrons. The van der Waals surface area contributed by atoms with E-state index in [4.69, 9.17) is 5.73 Å². The maximum atomic E-state index is 13.2. The van der Waals surface area contributed by atoms with E-state index in [0.717, 1.165) is 37.1 Å². The highest BCUT2D eigenvalue weighted by molar-refractivity contribution is 5.95. The smallest absolute Gasteiger partial charge is 0.254 e. The molecule has 2 heterocycles. The van der Waals surface area contributed by atoms with Crippen LogP contribution in [0.15, 0.2) is 24.3 Å². The molecule has 6 nitrogen and oxygen atoms in total. The predicted octanol–water partition coefficient (Wildman–Crippen LogP) is 1.16. The van der Waals surface area contributed by atoms with Crippen LogP contribution in [0, 0.1) is 5.92 Å². The first-order valence-corrected chi connectivity index (χ1v) is 9.52. The lowest BCUT2D eigenvalue weighted by Crippen LogP contribution is -2.57. The predicted molar refractivity (Wildman–Crippen MR) is 102 cm³/mol. The summed E-state index contributed by atoms with van der Waals surface area (Å²) in [5.74, 6) is 0.689. The second-order valence-corrected chi connectivity index (χ2v) is 7.68. The van der Waals surface area contributed by atoms with E-state index in [2.05, 4.69) is 4.90 Å². The highest BCUT2D eigenvalue weighted by atomic mass is 16.2. The summed E-state index contributed by atoms with van der Waals surface area (Å²) in [5.41, 5.74) is 7.55. The largest absolute Gasteiger partial charge is 0.338 e. The number of carbonyl (C=O) groups is 2. The molecule has 0 aliphatic carbocycles. The second-order valence-electron chi connectivity index (χ2n) is 7.68. The normalized spacial score (nSPS) is 23.3. The topological polar surface area (TPSA) is 69.9 Å². The maximum absolute atomic E-state index is 13.2. The van der Waals surface area contributed by atoms with Crippen molar-refractivity contribution in [3.05, 3.63) is 35.4 Å². The number of hydrogen-bond donors (Lipinski definition) is 1. The first kappa shape index (κ1) is 18.9. The quantitative estimate of drug-likeness (QED) is 0.858. The van der Waals surface area contributed by atoms with E-state index in [-0.39, 0.29) is 17.9 Å². The summed E-state index contributed by atoms with van der Waals surface area (Å²) in [6.45, 7) is 3.30. The highest BCUT2D eigenvalue weighted by Crippen LogP contribution is 2.32. The van der Waals surface area contributed by atoms with Gasteiger partial charge in [-0.1, -0.05) is 18.2 Å². The molecule has 2 amide bonds. The van der Waals surface area contributed by atoms with Gasteiger partial charge in [-0.2, -0.15) is 0 Å². The average molecular weight is 358 g/mol. The molecule has 1 aromatic rings. The van der Waals surface area contributed by atoms with Crippen LogP contribution in [0.1, 0.15) is 35.2 Å². The lowest BCUT2D eigenvalue weighted by molar-refractivity contribution is -0.140. The molecular weight excluding hydrogens is 328 g/mol. The van der Waals surface area contributed by atoms with Gasteiger partial charge >= 0.3 is 0 Å². The molecule has 26 heavy (non-hydrogen) atoms. The molecule has 2 aliphatic rings. The Morgan fingerprint density at radius 1 is 1.27 bits per heavy atom. The van der Waals surface area contributed by atoms with Crippen LogP contribution in [-0.4, -0.2) is 72.8 Å². The number of piperidine rings is 2. The average Bonchev–Trinajstić information content (AvgIpc) is 2.63. The number of nitrogens with zero attached hydrogens (tertiary/aromatic N) is 3. The molecule has 2 atom stereocenters. The van der Waals surface area contributed by atoms with Gasteiger partial charge < -0.3 is 20.4 Å². The minimum atomic E-state index is 0.114. The molecule has 2 N–H and O–H groups in total. The van der Waals surface area contributed by atoms with E-state index in [0.29, 0.717) is 32.0 Å². The zero-order valence-corrected chi connectivity index (χ0v) is 15.9. The summed E-state index contributed by atoms with van der Waals surface area (Å²) >= 11 is 0. The van der Waals surface area contributed by atoms with E-state index < -0.39 is 0 Å². The molecule has 1 aromatic carbocycles. The van der Waals surface area contributed by atoms with Crippen LogP contribution in [0.25, 0.3) is 0 Å². The van der Waals surface area contributed by atoms with Gasteiger partial charge in [0.15, 0.2) is 0 Å². The standard InChI is InChI=1S/C20H30N4O2/c1-22(2)13-15-5-3-4-6-17(15)20(26)23-11-9-18-16(14-23)7-8-19(25)24(18)12-10-21/h3-6,16,18H,7-14,21H2,1-2H3/t16-,18+/m0/s1. The molecule has 2 fully saturated rings. The van der Waals surface area contributed by atoms with Crippen molar-refractivity contribution in [2.75, 3.05) is 40.3 Å². The van der Waals surface area contributed by atoms with E-state index >= 15 is 0 Å². The van der Waals surface area contributed by atoms with E-state index in [9.17, 15) is 9.59 Å². The Morgan fingerprint density at radius 2 is 2.04 bits per heavy atom. The van der Waals surface area contributed by atoms with Crippen molar-refractivity contribution in [1.29, 1.82) is 0 Å². The van der Waals surface area contributed by atoms with E-state index in [1.54, 1.807) is 0 Å². The number of amides is 2. The van der Waals surface area contributed by atoms with Crippen LogP contribution in [0.5, 0.6) is 0 Å². The van der Waals surface area contributed by atoms with Crippen molar-refractivity contribution in [2.45, 2.75) is 31.8 Å². The zero-order valence-electron chi connectivity index (χ0n) is 15.9. The van der Waals surface area contributed by atoms with Crippen molar-refractivity contribution in [2.24, 2.45) is 11.7 Å². The summed E-state index contributed by atoms with van der Waals surface area (Å²) in [6.07, 6.45) is 2.28.